The van der Waals surface area contributed by atoms with E-state index < -0.39 is 0 Å². The Balaban J connectivity index is 3.17. The van der Waals surface area contributed by atoms with E-state index in [0.29, 0.717) is 0 Å². The van der Waals surface area contributed by atoms with E-state index in [4.69, 9.17) is 0 Å². The number of allylic oxidation sites excluding steroid dienone is 2. The maximum Gasteiger partial charge on any atom is -0.0351 e. The third-order valence-corrected chi connectivity index (χ3v) is 9.01. The summed E-state index contributed by atoms with van der Waals surface area (Å²) in [5, 5.41) is 0. The average molecular weight is 547 g/mol. The molecule has 0 fully saturated rings. The van der Waals surface area contributed by atoms with E-state index in [0.717, 1.165) is 5.92 Å². The summed E-state index contributed by atoms with van der Waals surface area (Å²) >= 11 is 0. The molecular formula is C39H78. The van der Waals surface area contributed by atoms with Gasteiger partial charge in [0.25, 0.3) is 0 Å². The zero-order valence-electron chi connectivity index (χ0n) is 28.1. The fourth-order valence-electron chi connectivity index (χ4n) is 6.10. The minimum Gasteiger partial charge on any atom is -0.0885 e. The van der Waals surface area contributed by atoms with Crippen molar-refractivity contribution < 1.29 is 0 Å². The van der Waals surface area contributed by atoms with Crippen molar-refractivity contribution >= 4 is 0 Å². The standard InChI is InChI=1S/C39H78/c1-4-6-8-10-12-14-15-16-17-18-19-20-21-22-23-24-25-26-27-28-30-32-34-36-38-39(3)37-35-33-31-29-13-11-9-7-5-2/h23-24,39H,4-22,25-38H2,1-3H3. The van der Waals surface area contributed by atoms with Crippen LogP contribution in [0.1, 0.15) is 233 Å². The van der Waals surface area contributed by atoms with E-state index in [9.17, 15) is 0 Å². The lowest BCUT2D eigenvalue weighted by atomic mass is 9.95. The molecule has 39 heavy (non-hydrogen) atoms. The maximum atomic E-state index is 2.50. The molecule has 0 spiro atoms. The maximum absolute atomic E-state index is 2.50. The molecule has 1 atom stereocenters. The summed E-state index contributed by atoms with van der Waals surface area (Å²) in [4.78, 5) is 0. The summed E-state index contributed by atoms with van der Waals surface area (Å²) in [5.74, 6) is 0.959. The molecule has 0 amide bonds. The number of unbranched alkanes of at least 4 members (excludes halogenated alkanes) is 28. The Morgan fingerprint density at radius 3 is 0.821 bits per heavy atom. The van der Waals surface area contributed by atoms with Gasteiger partial charge in [0.15, 0.2) is 0 Å². The van der Waals surface area contributed by atoms with Gasteiger partial charge < -0.3 is 0 Å². The van der Waals surface area contributed by atoms with Gasteiger partial charge in [-0.25, -0.2) is 0 Å². The van der Waals surface area contributed by atoms with E-state index in [-0.39, 0.29) is 0 Å². The molecule has 0 heterocycles. The molecule has 0 rings (SSSR count). The Morgan fingerprint density at radius 2 is 0.538 bits per heavy atom. The van der Waals surface area contributed by atoms with Gasteiger partial charge >= 0.3 is 0 Å². The first-order valence-corrected chi connectivity index (χ1v) is 19.0. The Labute approximate surface area is 250 Å². The van der Waals surface area contributed by atoms with Gasteiger partial charge in [-0.15, -0.1) is 0 Å². The van der Waals surface area contributed by atoms with Crippen molar-refractivity contribution in [1.82, 2.24) is 0 Å². The minimum atomic E-state index is 0.959. The summed E-state index contributed by atoms with van der Waals surface area (Å²) in [5.41, 5.74) is 0. The van der Waals surface area contributed by atoms with Gasteiger partial charge in [0.1, 0.15) is 0 Å². The highest BCUT2D eigenvalue weighted by molar-refractivity contribution is 4.81. The van der Waals surface area contributed by atoms with Crippen LogP contribution in [-0.2, 0) is 0 Å². The van der Waals surface area contributed by atoms with Gasteiger partial charge in [-0.3, -0.25) is 0 Å². The molecule has 0 saturated heterocycles. The molecule has 234 valence electrons. The molecule has 0 N–H and O–H groups in total. The van der Waals surface area contributed by atoms with Crippen LogP contribution in [-0.4, -0.2) is 0 Å². The van der Waals surface area contributed by atoms with Crippen LogP contribution in [0.5, 0.6) is 0 Å². The van der Waals surface area contributed by atoms with Crippen molar-refractivity contribution in [2.24, 2.45) is 5.92 Å². The normalized spacial score (nSPS) is 12.6. The van der Waals surface area contributed by atoms with Crippen molar-refractivity contribution in [3.63, 3.8) is 0 Å². The van der Waals surface area contributed by atoms with Crippen LogP contribution in [0.4, 0.5) is 0 Å². The first-order valence-electron chi connectivity index (χ1n) is 19.0. The smallest absolute Gasteiger partial charge is 0.0351 e. The average Bonchev–Trinajstić information content (AvgIpc) is 2.94. The molecule has 0 aromatic rings. The predicted octanol–water partition coefficient (Wildman–Crippen LogP) is 15.1. The molecule has 0 radical (unpaired) electrons. The summed E-state index contributed by atoms with van der Waals surface area (Å²) in [6, 6.07) is 0. The van der Waals surface area contributed by atoms with Gasteiger partial charge in [0.2, 0.25) is 0 Å². The van der Waals surface area contributed by atoms with E-state index in [1.165, 1.54) is 212 Å². The van der Waals surface area contributed by atoms with E-state index in [1.807, 2.05) is 0 Å². The second kappa shape index (κ2) is 35.8. The quantitative estimate of drug-likeness (QED) is 0.0556. The van der Waals surface area contributed by atoms with Gasteiger partial charge in [0.05, 0.1) is 0 Å². The topological polar surface area (TPSA) is 0 Å². The molecule has 0 aromatic heterocycles. The highest BCUT2D eigenvalue weighted by Gasteiger charge is 2.02. The zero-order chi connectivity index (χ0) is 28.3. The fourth-order valence-corrected chi connectivity index (χ4v) is 6.10. The third kappa shape index (κ3) is 35.7. The van der Waals surface area contributed by atoms with Crippen LogP contribution in [0.3, 0.4) is 0 Å². The van der Waals surface area contributed by atoms with Gasteiger partial charge in [-0.1, -0.05) is 219 Å². The van der Waals surface area contributed by atoms with Crippen LogP contribution in [0, 0.1) is 5.92 Å². The first kappa shape index (κ1) is 38.7. The predicted molar refractivity (Wildman–Crippen MR) is 182 cm³/mol. The van der Waals surface area contributed by atoms with Crippen molar-refractivity contribution in [3.8, 4) is 0 Å². The number of hydrogen-bond acceptors (Lipinski definition) is 0. The monoisotopic (exact) mass is 547 g/mol. The Kier molecular flexibility index (Phi) is 35.5. The highest BCUT2D eigenvalue weighted by atomic mass is 14.1. The summed E-state index contributed by atoms with van der Waals surface area (Å²) in [7, 11) is 0. The van der Waals surface area contributed by atoms with Crippen molar-refractivity contribution in [2.75, 3.05) is 0 Å². The molecule has 0 aliphatic heterocycles. The Morgan fingerprint density at radius 1 is 0.308 bits per heavy atom. The molecule has 1 unspecified atom stereocenters. The Bertz CT molecular complexity index is 435. The molecule has 0 aliphatic rings. The second-order valence-electron chi connectivity index (χ2n) is 13.3. The van der Waals surface area contributed by atoms with Gasteiger partial charge in [0, 0.05) is 0 Å². The SMILES string of the molecule is CCCCCCCCCCCCCCCC=CCCCCCCCCCC(C)CCCCCCCCCCC. The Hall–Kier alpha value is -0.260. The van der Waals surface area contributed by atoms with Crippen LogP contribution in [0.2, 0.25) is 0 Å². The van der Waals surface area contributed by atoms with E-state index >= 15 is 0 Å². The lowest BCUT2D eigenvalue weighted by Crippen LogP contribution is -1.95. The molecule has 0 bridgehead atoms. The molecular weight excluding hydrogens is 468 g/mol. The molecule has 0 nitrogen and oxygen atoms in total. The second-order valence-corrected chi connectivity index (χ2v) is 13.3. The van der Waals surface area contributed by atoms with Crippen molar-refractivity contribution in [3.05, 3.63) is 12.2 Å². The number of hydrogen-bond donors (Lipinski definition) is 0. The van der Waals surface area contributed by atoms with E-state index in [1.54, 1.807) is 0 Å². The van der Waals surface area contributed by atoms with Crippen LogP contribution < -0.4 is 0 Å². The third-order valence-electron chi connectivity index (χ3n) is 9.01. The lowest BCUT2D eigenvalue weighted by molar-refractivity contribution is 0.430. The molecule has 0 aliphatic carbocycles. The lowest BCUT2D eigenvalue weighted by Gasteiger charge is -2.11. The van der Waals surface area contributed by atoms with Crippen LogP contribution in [0.25, 0.3) is 0 Å². The van der Waals surface area contributed by atoms with Crippen molar-refractivity contribution in [1.29, 1.82) is 0 Å². The first-order chi connectivity index (χ1) is 19.3. The van der Waals surface area contributed by atoms with Gasteiger partial charge in [-0.2, -0.15) is 0 Å². The molecule has 0 aromatic carbocycles. The van der Waals surface area contributed by atoms with Gasteiger partial charge in [-0.05, 0) is 31.6 Å². The zero-order valence-corrected chi connectivity index (χ0v) is 28.1. The molecule has 0 heteroatoms. The summed E-state index contributed by atoms with van der Waals surface area (Å²) < 4.78 is 0. The minimum absolute atomic E-state index is 0.959. The van der Waals surface area contributed by atoms with Crippen molar-refractivity contribution in [2.45, 2.75) is 233 Å². The van der Waals surface area contributed by atoms with Crippen LogP contribution >= 0.6 is 0 Å². The summed E-state index contributed by atoms with van der Waals surface area (Å²) in [6.45, 7) is 7.11. The van der Waals surface area contributed by atoms with Crippen LogP contribution in [0.15, 0.2) is 12.2 Å². The number of rotatable bonds is 34. The van der Waals surface area contributed by atoms with E-state index in [2.05, 4.69) is 32.9 Å². The largest absolute Gasteiger partial charge is 0.0885 e. The fraction of sp³-hybridized carbons (Fsp3) is 0.949. The summed E-state index contributed by atoms with van der Waals surface area (Å²) in [6.07, 6.45) is 52.8. The highest BCUT2D eigenvalue weighted by Crippen LogP contribution is 2.19. The molecule has 0 saturated carbocycles.